The Kier molecular flexibility index (Phi) is 4.93. The van der Waals surface area contributed by atoms with Crippen molar-refractivity contribution in [3.63, 3.8) is 0 Å². The average molecular weight is 394 g/mol. The summed E-state index contributed by atoms with van der Waals surface area (Å²) < 4.78 is 19.6. The number of halogens is 1. The lowest BCUT2D eigenvalue weighted by molar-refractivity contribution is -0.134. The van der Waals surface area contributed by atoms with E-state index in [1.807, 2.05) is 29.2 Å². The standard InChI is InChI=1S/C24H27FN2O2/c1-15-12-16(7-9-18(15)25)17-8-10-21-19(13-17)26-23(29-21)20-6-5-11-27(20)22(28)14-24(2,3)4/h7-10,12-13,20H,5-6,11,14H2,1-4H3/t20-/m1/s1. The lowest BCUT2D eigenvalue weighted by Gasteiger charge is -2.26. The molecule has 0 spiro atoms. The van der Waals surface area contributed by atoms with E-state index in [0.717, 1.165) is 36.0 Å². The molecule has 4 nitrogen and oxygen atoms in total. The number of aromatic nitrogens is 1. The van der Waals surface area contributed by atoms with E-state index in [2.05, 4.69) is 20.8 Å². The van der Waals surface area contributed by atoms with Gasteiger partial charge in [0, 0.05) is 13.0 Å². The van der Waals surface area contributed by atoms with Crippen LogP contribution in [0.3, 0.4) is 0 Å². The normalized spacial score (nSPS) is 17.3. The monoisotopic (exact) mass is 394 g/mol. The number of aryl methyl sites for hydroxylation is 1. The van der Waals surface area contributed by atoms with Crippen LogP contribution in [0.1, 0.15) is 57.5 Å². The fraction of sp³-hybridized carbons (Fsp3) is 0.417. The summed E-state index contributed by atoms with van der Waals surface area (Å²) in [6.07, 6.45) is 2.34. The highest BCUT2D eigenvalue weighted by atomic mass is 19.1. The van der Waals surface area contributed by atoms with Crippen LogP contribution in [0.4, 0.5) is 4.39 Å². The number of oxazole rings is 1. The van der Waals surface area contributed by atoms with E-state index in [1.165, 1.54) is 6.07 Å². The molecule has 1 aromatic heterocycles. The van der Waals surface area contributed by atoms with Gasteiger partial charge >= 0.3 is 0 Å². The summed E-state index contributed by atoms with van der Waals surface area (Å²) in [4.78, 5) is 19.4. The van der Waals surface area contributed by atoms with Gasteiger partial charge in [-0.2, -0.15) is 0 Å². The molecule has 0 N–H and O–H groups in total. The van der Waals surface area contributed by atoms with Gasteiger partial charge in [0.05, 0.1) is 0 Å². The molecule has 3 aromatic rings. The van der Waals surface area contributed by atoms with Crippen LogP contribution in [0.5, 0.6) is 0 Å². The number of carbonyl (C=O) groups is 1. The van der Waals surface area contributed by atoms with Gasteiger partial charge in [0.1, 0.15) is 17.4 Å². The Morgan fingerprint density at radius 2 is 1.93 bits per heavy atom. The fourth-order valence-electron chi connectivity index (χ4n) is 3.97. The quantitative estimate of drug-likeness (QED) is 0.544. The molecular weight excluding hydrogens is 367 g/mol. The zero-order chi connectivity index (χ0) is 20.8. The molecule has 152 valence electrons. The summed E-state index contributed by atoms with van der Waals surface area (Å²) in [5, 5.41) is 0. The van der Waals surface area contributed by atoms with Crippen LogP contribution in [0.2, 0.25) is 0 Å². The number of hydrogen-bond donors (Lipinski definition) is 0. The summed E-state index contributed by atoms with van der Waals surface area (Å²) in [5.41, 5.74) is 3.94. The van der Waals surface area contributed by atoms with E-state index in [0.29, 0.717) is 23.5 Å². The van der Waals surface area contributed by atoms with Gasteiger partial charge in [-0.15, -0.1) is 0 Å². The summed E-state index contributed by atoms with van der Waals surface area (Å²) in [7, 11) is 0. The maximum atomic E-state index is 13.6. The first-order valence-electron chi connectivity index (χ1n) is 10.2. The Labute approximate surface area is 170 Å². The number of likely N-dealkylation sites (tertiary alicyclic amines) is 1. The van der Waals surface area contributed by atoms with Crippen LogP contribution in [0.25, 0.3) is 22.2 Å². The van der Waals surface area contributed by atoms with Gasteiger partial charge in [-0.25, -0.2) is 9.37 Å². The summed E-state index contributed by atoms with van der Waals surface area (Å²) in [5.74, 6) is 0.553. The Hall–Kier alpha value is -2.69. The molecule has 5 heteroatoms. The summed E-state index contributed by atoms with van der Waals surface area (Å²) >= 11 is 0. The minimum Gasteiger partial charge on any atom is -0.438 e. The Balaban J connectivity index is 1.63. The first-order valence-corrected chi connectivity index (χ1v) is 10.2. The van der Waals surface area contributed by atoms with E-state index in [1.54, 1.807) is 13.0 Å². The van der Waals surface area contributed by atoms with Crippen molar-refractivity contribution in [1.82, 2.24) is 9.88 Å². The smallest absolute Gasteiger partial charge is 0.223 e. The zero-order valence-corrected chi connectivity index (χ0v) is 17.5. The molecule has 0 aliphatic carbocycles. The van der Waals surface area contributed by atoms with E-state index < -0.39 is 0 Å². The van der Waals surface area contributed by atoms with Gasteiger partial charge < -0.3 is 9.32 Å². The van der Waals surface area contributed by atoms with Gasteiger partial charge in [0.2, 0.25) is 11.8 Å². The Morgan fingerprint density at radius 3 is 2.66 bits per heavy atom. The van der Waals surface area contributed by atoms with Crippen LogP contribution in [0.15, 0.2) is 40.8 Å². The molecule has 0 radical (unpaired) electrons. The van der Waals surface area contributed by atoms with Gasteiger partial charge in [0.15, 0.2) is 5.58 Å². The van der Waals surface area contributed by atoms with Gasteiger partial charge in [-0.1, -0.05) is 32.9 Å². The van der Waals surface area contributed by atoms with Gasteiger partial charge in [-0.3, -0.25) is 4.79 Å². The molecule has 1 fully saturated rings. The van der Waals surface area contributed by atoms with Crippen molar-refractivity contribution in [2.45, 2.75) is 53.0 Å². The van der Waals surface area contributed by atoms with Crippen LogP contribution < -0.4 is 0 Å². The van der Waals surface area contributed by atoms with Crippen molar-refractivity contribution in [1.29, 1.82) is 0 Å². The number of hydrogen-bond acceptors (Lipinski definition) is 3. The highest BCUT2D eigenvalue weighted by Gasteiger charge is 2.34. The number of rotatable bonds is 3. The molecule has 29 heavy (non-hydrogen) atoms. The number of amides is 1. The third-order valence-electron chi connectivity index (χ3n) is 5.44. The van der Waals surface area contributed by atoms with Crippen LogP contribution in [0, 0.1) is 18.2 Å². The van der Waals surface area contributed by atoms with Crippen molar-refractivity contribution in [2.75, 3.05) is 6.54 Å². The topological polar surface area (TPSA) is 46.3 Å². The van der Waals surface area contributed by atoms with Crippen molar-refractivity contribution in [2.24, 2.45) is 5.41 Å². The lowest BCUT2D eigenvalue weighted by Crippen LogP contribution is -2.33. The second-order valence-electron chi connectivity index (χ2n) is 9.18. The van der Waals surface area contributed by atoms with Crippen molar-refractivity contribution < 1.29 is 13.6 Å². The zero-order valence-electron chi connectivity index (χ0n) is 17.5. The minimum absolute atomic E-state index is 0.0479. The molecule has 0 unspecified atom stereocenters. The molecular formula is C24H27FN2O2. The van der Waals surface area contributed by atoms with E-state index in [9.17, 15) is 9.18 Å². The molecule has 0 saturated carbocycles. The van der Waals surface area contributed by atoms with Crippen LogP contribution in [-0.2, 0) is 4.79 Å². The maximum absolute atomic E-state index is 13.6. The second kappa shape index (κ2) is 7.29. The first-order chi connectivity index (χ1) is 13.7. The van der Waals surface area contributed by atoms with Gasteiger partial charge in [0.25, 0.3) is 0 Å². The average Bonchev–Trinajstić information content (AvgIpc) is 3.28. The third-order valence-corrected chi connectivity index (χ3v) is 5.44. The molecule has 2 aromatic carbocycles. The molecule has 1 aliphatic heterocycles. The third kappa shape index (κ3) is 4.04. The predicted octanol–water partition coefficient (Wildman–Crippen LogP) is 6.04. The van der Waals surface area contributed by atoms with E-state index >= 15 is 0 Å². The van der Waals surface area contributed by atoms with Crippen molar-refractivity contribution in [3.8, 4) is 11.1 Å². The highest BCUT2D eigenvalue weighted by molar-refractivity contribution is 5.81. The van der Waals surface area contributed by atoms with Crippen molar-refractivity contribution in [3.05, 3.63) is 53.7 Å². The molecule has 1 aliphatic rings. The minimum atomic E-state index is -0.209. The molecule has 0 bridgehead atoms. The molecule has 1 saturated heterocycles. The molecule has 4 rings (SSSR count). The number of nitrogens with zero attached hydrogens (tertiary/aromatic N) is 2. The molecule has 2 heterocycles. The molecule has 1 amide bonds. The van der Waals surface area contributed by atoms with E-state index in [-0.39, 0.29) is 23.2 Å². The predicted molar refractivity (Wildman–Crippen MR) is 112 cm³/mol. The maximum Gasteiger partial charge on any atom is 0.223 e. The van der Waals surface area contributed by atoms with Crippen LogP contribution >= 0.6 is 0 Å². The highest BCUT2D eigenvalue weighted by Crippen LogP contribution is 2.36. The Bertz CT molecular complexity index is 1060. The number of benzene rings is 2. The van der Waals surface area contributed by atoms with Crippen molar-refractivity contribution >= 4 is 17.0 Å². The molecule has 1 atom stereocenters. The second-order valence-corrected chi connectivity index (χ2v) is 9.18. The summed E-state index contributed by atoms with van der Waals surface area (Å²) in [6, 6.07) is 10.8. The first kappa shape index (κ1) is 19.6. The number of fused-ring (bicyclic) bond motifs is 1. The lowest BCUT2D eigenvalue weighted by atomic mass is 9.91. The SMILES string of the molecule is Cc1cc(-c2ccc3oc([C@H]4CCCN4C(=O)CC(C)(C)C)nc3c2)ccc1F. The fourth-order valence-corrected chi connectivity index (χ4v) is 3.97. The number of carbonyl (C=O) groups excluding carboxylic acids is 1. The largest absolute Gasteiger partial charge is 0.438 e. The van der Waals surface area contributed by atoms with Gasteiger partial charge in [-0.05, 0) is 66.1 Å². The Morgan fingerprint density at radius 1 is 1.21 bits per heavy atom. The van der Waals surface area contributed by atoms with E-state index in [4.69, 9.17) is 9.40 Å². The summed E-state index contributed by atoms with van der Waals surface area (Å²) in [6.45, 7) is 8.74. The van der Waals surface area contributed by atoms with Crippen LogP contribution in [-0.4, -0.2) is 22.3 Å².